The summed E-state index contributed by atoms with van der Waals surface area (Å²) in [6.45, 7) is 3.41. The SMILES string of the molecule is CNC(C)C1CCN(c2c(F)cc3c(=O)c(C(=O)O)c(N)n(C4CC4)c3c2OC)C1. The van der Waals surface area contributed by atoms with Crippen molar-refractivity contribution in [1.82, 2.24) is 9.88 Å². The predicted octanol–water partition coefficient (Wildman–Crippen LogP) is 2.20. The van der Waals surface area contributed by atoms with Crippen LogP contribution in [0.5, 0.6) is 5.75 Å². The Morgan fingerprint density at radius 1 is 1.40 bits per heavy atom. The molecule has 4 N–H and O–H groups in total. The molecule has 0 radical (unpaired) electrons. The smallest absolute Gasteiger partial charge is 0.343 e. The summed E-state index contributed by atoms with van der Waals surface area (Å²) in [6, 6.07) is 1.38. The van der Waals surface area contributed by atoms with Crippen LogP contribution in [0.15, 0.2) is 10.9 Å². The summed E-state index contributed by atoms with van der Waals surface area (Å²) < 4.78 is 22.6. The molecule has 1 aliphatic heterocycles. The van der Waals surface area contributed by atoms with E-state index in [4.69, 9.17) is 10.5 Å². The fraction of sp³-hybridized carbons (Fsp3) is 0.524. The molecule has 30 heavy (non-hydrogen) atoms. The highest BCUT2D eigenvalue weighted by atomic mass is 19.1. The second-order valence-electron chi connectivity index (χ2n) is 8.20. The topological polar surface area (TPSA) is 110 Å². The maximum atomic E-state index is 15.3. The van der Waals surface area contributed by atoms with Crippen LogP contribution >= 0.6 is 0 Å². The lowest BCUT2D eigenvalue weighted by Crippen LogP contribution is -2.33. The number of nitrogens with one attached hydrogen (secondary N) is 1. The second kappa shape index (κ2) is 7.46. The van der Waals surface area contributed by atoms with Crippen LogP contribution in [-0.2, 0) is 0 Å². The fourth-order valence-electron chi connectivity index (χ4n) is 4.55. The number of nitrogens with two attached hydrogens (primary N) is 1. The van der Waals surface area contributed by atoms with Gasteiger partial charge in [0.15, 0.2) is 11.6 Å². The van der Waals surface area contributed by atoms with Crippen molar-refractivity contribution < 1.29 is 19.0 Å². The van der Waals surface area contributed by atoms with Gasteiger partial charge < -0.3 is 30.4 Å². The number of ether oxygens (including phenoxy) is 1. The number of aromatic carboxylic acids is 1. The molecule has 162 valence electrons. The van der Waals surface area contributed by atoms with Crippen LogP contribution in [0.25, 0.3) is 10.9 Å². The first-order chi connectivity index (χ1) is 14.3. The van der Waals surface area contributed by atoms with Gasteiger partial charge in [-0.05, 0) is 45.2 Å². The predicted molar refractivity (Wildman–Crippen MR) is 113 cm³/mol. The van der Waals surface area contributed by atoms with Gasteiger partial charge in [0.05, 0.1) is 18.0 Å². The van der Waals surface area contributed by atoms with Gasteiger partial charge in [0.25, 0.3) is 0 Å². The molecule has 4 rings (SSSR count). The minimum atomic E-state index is -1.42. The molecule has 1 aliphatic carbocycles. The molecular weight excluding hydrogens is 391 g/mol. The number of benzene rings is 1. The highest BCUT2D eigenvalue weighted by molar-refractivity contribution is 6.01. The summed E-state index contributed by atoms with van der Waals surface area (Å²) in [5.74, 6) is -1.55. The number of carboxylic acid groups (broad SMARTS) is 1. The number of hydrogen-bond acceptors (Lipinski definition) is 6. The van der Waals surface area contributed by atoms with Crippen LogP contribution in [0.2, 0.25) is 0 Å². The first-order valence-electron chi connectivity index (χ1n) is 10.2. The van der Waals surface area contributed by atoms with Gasteiger partial charge in [0, 0.05) is 25.2 Å². The van der Waals surface area contributed by atoms with Gasteiger partial charge in [-0.25, -0.2) is 9.18 Å². The molecule has 0 amide bonds. The number of halogens is 1. The third-order valence-corrected chi connectivity index (χ3v) is 6.44. The van der Waals surface area contributed by atoms with Gasteiger partial charge in [0.1, 0.15) is 17.1 Å². The number of rotatable bonds is 6. The standard InChI is InChI=1S/C21H27FN4O4/c1-10(24-2)11-6-7-25(9-11)17-14(22)8-13-16(19(17)30-3)26(12-4-5-12)20(23)15(18(13)27)21(28)29/h8,10-12,24H,4-7,9,23H2,1-3H3,(H,28,29). The molecule has 2 heterocycles. The van der Waals surface area contributed by atoms with Crippen molar-refractivity contribution in [3.8, 4) is 5.75 Å². The average Bonchev–Trinajstić information content (AvgIpc) is 3.42. The van der Waals surface area contributed by atoms with Crippen molar-refractivity contribution in [1.29, 1.82) is 0 Å². The second-order valence-corrected chi connectivity index (χ2v) is 8.20. The van der Waals surface area contributed by atoms with Gasteiger partial charge in [0.2, 0.25) is 5.43 Å². The van der Waals surface area contributed by atoms with Crippen LogP contribution in [0.1, 0.15) is 42.6 Å². The number of hydrogen-bond donors (Lipinski definition) is 3. The maximum Gasteiger partial charge on any atom is 0.343 e. The Bertz CT molecular complexity index is 1080. The Morgan fingerprint density at radius 2 is 2.10 bits per heavy atom. The molecule has 0 bridgehead atoms. The molecule has 2 unspecified atom stereocenters. The molecule has 2 fully saturated rings. The molecule has 0 spiro atoms. The van der Waals surface area contributed by atoms with E-state index in [9.17, 15) is 14.7 Å². The Labute approximate surface area is 173 Å². The van der Waals surface area contributed by atoms with E-state index in [1.807, 2.05) is 11.9 Å². The van der Waals surface area contributed by atoms with Crippen LogP contribution in [0.3, 0.4) is 0 Å². The molecule has 2 atom stereocenters. The number of nitrogen functional groups attached to an aromatic ring is 1. The van der Waals surface area contributed by atoms with E-state index in [1.165, 1.54) is 7.11 Å². The lowest BCUT2D eigenvalue weighted by atomic mass is 10.0. The minimum absolute atomic E-state index is 0.0223. The van der Waals surface area contributed by atoms with Crippen molar-refractivity contribution in [3.63, 3.8) is 0 Å². The quantitative estimate of drug-likeness (QED) is 0.660. The van der Waals surface area contributed by atoms with Gasteiger partial charge in [-0.15, -0.1) is 0 Å². The molecule has 2 aliphatic rings. The zero-order valence-electron chi connectivity index (χ0n) is 17.4. The zero-order chi connectivity index (χ0) is 21.7. The molecule has 1 aromatic carbocycles. The Morgan fingerprint density at radius 3 is 2.67 bits per heavy atom. The highest BCUT2D eigenvalue weighted by Crippen LogP contribution is 2.46. The molecule has 2 aromatic rings. The lowest BCUT2D eigenvalue weighted by molar-refractivity contribution is 0.0696. The summed E-state index contributed by atoms with van der Waals surface area (Å²) in [5, 5.41) is 12.8. The van der Waals surface area contributed by atoms with Crippen molar-refractivity contribution >= 4 is 28.4 Å². The van der Waals surface area contributed by atoms with E-state index >= 15 is 4.39 Å². The number of aromatic nitrogens is 1. The number of carbonyl (C=O) groups is 1. The van der Waals surface area contributed by atoms with E-state index in [-0.39, 0.29) is 29.0 Å². The van der Waals surface area contributed by atoms with Crippen LogP contribution in [0, 0.1) is 11.7 Å². The monoisotopic (exact) mass is 418 g/mol. The number of carboxylic acids is 1. The van der Waals surface area contributed by atoms with Crippen LogP contribution in [0.4, 0.5) is 15.9 Å². The average molecular weight is 418 g/mol. The highest BCUT2D eigenvalue weighted by Gasteiger charge is 2.35. The Balaban J connectivity index is 1.98. The first kappa shape index (κ1) is 20.5. The summed E-state index contributed by atoms with van der Waals surface area (Å²) in [4.78, 5) is 26.5. The van der Waals surface area contributed by atoms with Gasteiger partial charge in [-0.3, -0.25) is 4.79 Å². The first-order valence-corrected chi connectivity index (χ1v) is 10.2. The summed E-state index contributed by atoms with van der Waals surface area (Å²) in [5.41, 5.74) is 5.50. The summed E-state index contributed by atoms with van der Waals surface area (Å²) in [7, 11) is 3.34. The van der Waals surface area contributed by atoms with E-state index in [1.54, 1.807) is 4.57 Å². The molecule has 9 heteroatoms. The normalized spacial score (nSPS) is 20.0. The largest absolute Gasteiger partial charge is 0.492 e. The fourth-order valence-corrected chi connectivity index (χ4v) is 4.55. The van der Waals surface area contributed by atoms with E-state index < -0.39 is 22.8 Å². The number of pyridine rings is 1. The van der Waals surface area contributed by atoms with Crippen molar-refractivity contribution in [3.05, 3.63) is 27.7 Å². The molecule has 1 aromatic heterocycles. The van der Waals surface area contributed by atoms with E-state index in [0.717, 1.165) is 25.3 Å². The number of anilines is 2. The van der Waals surface area contributed by atoms with Crippen molar-refractivity contribution in [2.45, 2.75) is 38.3 Å². The Hall–Kier alpha value is -2.81. The Kier molecular flexibility index (Phi) is 5.09. The zero-order valence-corrected chi connectivity index (χ0v) is 17.4. The van der Waals surface area contributed by atoms with E-state index in [2.05, 4.69) is 12.2 Å². The van der Waals surface area contributed by atoms with Crippen LogP contribution in [-0.4, -0.2) is 48.9 Å². The molecule has 8 nitrogen and oxygen atoms in total. The van der Waals surface area contributed by atoms with Crippen molar-refractivity contribution in [2.75, 3.05) is 37.9 Å². The van der Waals surface area contributed by atoms with Crippen molar-refractivity contribution in [2.24, 2.45) is 5.92 Å². The number of methoxy groups -OCH3 is 1. The van der Waals surface area contributed by atoms with Gasteiger partial charge in [-0.2, -0.15) is 0 Å². The third kappa shape index (κ3) is 3.08. The number of fused-ring (bicyclic) bond motifs is 1. The van der Waals surface area contributed by atoms with Gasteiger partial charge >= 0.3 is 5.97 Å². The molecule has 1 saturated carbocycles. The van der Waals surface area contributed by atoms with E-state index in [0.29, 0.717) is 30.2 Å². The lowest BCUT2D eigenvalue weighted by Gasteiger charge is -2.26. The van der Waals surface area contributed by atoms with Gasteiger partial charge in [-0.1, -0.05) is 0 Å². The summed E-state index contributed by atoms with van der Waals surface area (Å²) >= 11 is 0. The molecular formula is C21H27FN4O4. The minimum Gasteiger partial charge on any atom is -0.492 e. The van der Waals surface area contributed by atoms with Crippen LogP contribution < -0.4 is 26.1 Å². The number of nitrogens with zero attached hydrogens (tertiary/aromatic N) is 2. The maximum absolute atomic E-state index is 15.3. The summed E-state index contributed by atoms with van der Waals surface area (Å²) in [6.07, 6.45) is 2.52. The third-order valence-electron chi connectivity index (χ3n) is 6.44. The molecule has 1 saturated heterocycles.